The van der Waals surface area contributed by atoms with E-state index in [2.05, 4.69) is 0 Å². The molecular weight excluding hydrogens is 234 g/mol. The topological polar surface area (TPSA) is 0 Å². The lowest BCUT2D eigenvalue weighted by atomic mass is 9.80. The molecule has 1 aromatic rings. The average Bonchev–Trinajstić information content (AvgIpc) is 2.06. The number of benzene rings is 1. The first-order valence-corrected chi connectivity index (χ1v) is 5.74. The first kappa shape index (κ1) is 12.8. The molecule has 1 unspecified atom stereocenters. The van der Waals surface area contributed by atoms with Crippen LogP contribution in [0.15, 0.2) is 18.2 Å². The molecule has 0 bridgehead atoms. The minimum Gasteiger partial charge on any atom is -0.207 e. The molecular formula is C12H15Cl2F. The Bertz CT molecular complexity index is 345. The molecule has 84 valence electrons. The summed E-state index contributed by atoms with van der Waals surface area (Å²) in [6.45, 7) is 5.97. The van der Waals surface area contributed by atoms with Crippen molar-refractivity contribution < 1.29 is 4.39 Å². The molecule has 0 spiro atoms. The predicted octanol–water partition coefficient (Wildman–Crippen LogP) is 4.77. The fourth-order valence-electron chi connectivity index (χ4n) is 1.83. The van der Waals surface area contributed by atoms with Crippen molar-refractivity contribution in [2.24, 2.45) is 0 Å². The van der Waals surface area contributed by atoms with Crippen LogP contribution in [0.25, 0.3) is 0 Å². The minimum absolute atomic E-state index is 0.0411. The van der Waals surface area contributed by atoms with Crippen molar-refractivity contribution in [3.05, 3.63) is 34.6 Å². The van der Waals surface area contributed by atoms with Gasteiger partial charge in [-0.25, -0.2) is 4.39 Å². The van der Waals surface area contributed by atoms with Crippen LogP contribution in [0.5, 0.6) is 0 Å². The summed E-state index contributed by atoms with van der Waals surface area (Å²) >= 11 is 12.0. The number of hydrogen-bond donors (Lipinski definition) is 0. The molecule has 0 fully saturated rings. The maximum atomic E-state index is 13.1. The van der Waals surface area contributed by atoms with E-state index in [0.29, 0.717) is 5.02 Å². The Balaban J connectivity index is 3.08. The summed E-state index contributed by atoms with van der Waals surface area (Å²) in [6, 6.07) is 4.44. The Morgan fingerprint density at radius 2 is 2.00 bits per heavy atom. The van der Waals surface area contributed by atoms with Gasteiger partial charge in [-0.3, -0.25) is 0 Å². The number of rotatable bonds is 3. The second kappa shape index (κ2) is 4.71. The van der Waals surface area contributed by atoms with Crippen molar-refractivity contribution in [3.8, 4) is 0 Å². The highest BCUT2D eigenvalue weighted by molar-refractivity contribution is 6.31. The van der Waals surface area contributed by atoms with Gasteiger partial charge in [0.25, 0.3) is 0 Å². The summed E-state index contributed by atoms with van der Waals surface area (Å²) in [5.74, 6) is -0.260. The van der Waals surface area contributed by atoms with Gasteiger partial charge in [0.15, 0.2) is 0 Å². The first-order valence-electron chi connectivity index (χ1n) is 4.92. The first-order chi connectivity index (χ1) is 6.83. The Labute approximate surface area is 100 Å². The summed E-state index contributed by atoms with van der Waals surface area (Å²) < 4.78 is 13.1. The molecule has 0 heterocycles. The summed E-state index contributed by atoms with van der Waals surface area (Å²) in [4.78, 5) is 0. The standard InChI is InChI=1S/C12H15Cl2F/c1-8(13)7-12(2,3)10-6-9(15)4-5-11(10)14/h4-6,8H,7H2,1-3H3. The van der Waals surface area contributed by atoms with Gasteiger partial charge in [0.05, 0.1) is 0 Å². The van der Waals surface area contributed by atoms with Gasteiger partial charge < -0.3 is 0 Å². The fourth-order valence-corrected chi connectivity index (χ4v) is 2.59. The van der Waals surface area contributed by atoms with Crippen LogP contribution in [-0.2, 0) is 5.41 Å². The predicted molar refractivity (Wildman–Crippen MR) is 64.4 cm³/mol. The van der Waals surface area contributed by atoms with E-state index < -0.39 is 0 Å². The zero-order valence-corrected chi connectivity index (χ0v) is 10.7. The van der Waals surface area contributed by atoms with Crippen molar-refractivity contribution >= 4 is 23.2 Å². The molecule has 0 N–H and O–H groups in total. The molecule has 0 amide bonds. The molecule has 0 aliphatic carbocycles. The lowest BCUT2D eigenvalue weighted by Gasteiger charge is -2.27. The minimum atomic E-state index is -0.260. The average molecular weight is 249 g/mol. The van der Waals surface area contributed by atoms with Gasteiger partial charge in [0.2, 0.25) is 0 Å². The zero-order chi connectivity index (χ0) is 11.6. The summed E-state index contributed by atoms with van der Waals surface area (Å²) in [6.07, 6.45) is 0.762. The van der Waals surface area contributed by atoms with Gasteiger partial charge in [0.1, 0.15) is 5.82 Å². The third kappa shape index (κ3) is 3.35. The quantitative estimate of drug-likeness (QED) is 0.676. The van der Waals surface area contributed by atoms with Gasteiger partial charge in [-0.15, -0.1) is 11.6 Å². The van der Waals surface area contributed by atoms with Crippen molar-refractivity contribution in [3.63, 3.8) is 0 Å². The molecule has 0 radical (unpaired) electrons. The van der Waals surface area contributed by atoms with Crippen LogP contribution in [0.4, 0.5) is 4.39 Å². The Morgan fingerprint density at radius 3 is 2.53 bits per heavy atom. The van der Waals surface area contributed by atoms with Crippen LogP contribution in [0.1, 0.15) is 32.8 Å². The van der Waals surface area contributed by atoms with E-state index in [1.165, 1.54) is 12.1 Å². The van der Waals surface area contributed by atoms with Crippen LogP contribution in [-0.4, -0.2) is 5.38 Å². The third-order valence-corrected chi connectivity index (χ3v) is 2.93. The van der Waals surface area contributed by atoms with Crippen molar-refractivity contribution in [2.75, 3.05) is 0 Å². The molecule has 1 atom stereocenters. The van der Waals surface area contributed by atoms with Crippen LogP contribution in [0, 0.1) is 5.82 Å². The lowest BCUT2D eigenvalue weighted by Crippen LogP contribution is -2.21. The van der Waals surface area contributed by atoms with E-state index in [0.717, 1.165) is 12.0 Å². The lowest BCUT2D eigenvalue weighted by molar-refractivity contribution is 0.473. The van der Waals surface area contributed by atoms with Crippen molar-refractivity contribution in [1.82, 2.24) is 0 Å². The maximum absolute atomic E-state index is 13.1. The highest BCUT2D eigenvalue weighted by atomic mass is 35.5. The van der Waals surface area contributed by atoms with Gasteiger partial charge in [0, 0.05) is 10.4 Å². The molecule has 0 nitrogen and oxygen atoms in total. The molecule has 15 heavy (non-hydrogen) atoms. The largest absolute Gasteiger partial charge is 0.207 e. The van der Waals surface area contributed by atoms with Crippen molar-refractivity contribution in [2.45, 2.75) is 38.0 Å². The van der Waals surface area contributed by atoms with Gasteiger partial charge in [-0.05, 0) is 42.5 Å². The van der Waals surface area contributed by atoms with E-state index in [9.17, 15) is 4.39 Å². The molecule has 0 saturated heterocycles. The Hall–Kier alpha value is -0.270. The van der Waals surface area contributed by atoms with E-state index in [-0.39, 0.29) is 16.6 Å². The highest BCUT2D eigenvalue weighted by Crippen LogP contribution is 2.35. The third-order valence-electron chi connectivity index (χ3n) is 2.45. The molecule has 3 heteroatoms. The van der Waals surface area contributed by atoms with Crippen LogP contribution >= 0.6 is 23.2 Å². The van der Waals surface area contributed by atoms with Crippen molar-refractivity contribution in [1.29, 1.82) is 0 Å². The maximum Gasteiger partial charge on any atom is 0.123 e. The Kier molecular flexibility index (Phi) is 4.02. The second-order valence-corrected chi connectivity index (χ2v) is 5.65. The molecule has 0 aliphatic rings. The molecule has 1 rings (SSSR count). The van der Waals surface area contributed by atoms with Gasteiger partial charge in [-0.2, -0.15) is 0 Å². The summed E-state index contributed by atoms with van der Waals surface area (Å²) in [7, 11) is 0. The fraction of sp³-hybridized carbons (Fsp3) is 0.500. The molecule has 0 aliphatic heterocycles. The highest BCUT2D eigenvalue weighted by Gasteiger charge is 2.25. The second-order valence-electron chi connectivity index (χ2n) is 4.49. The number of halogens is 3. The molecule has 0 aromatic heterocycles. The smallest absolute Gasteiger partial charge is 0.123 e. The summed E-state index contributed by atoms with van der Waals surface area (Å²) in [5.41, 5.74) is 0.608. The van der Waals surface area contributed by atoms with E-state index in [1.54, 1.807) is 6.07 Å². The number of hydrogen-bond acceptors (Lipinski definition) is 0. The van der Waals surface area contributed by atoms with Gasteiger partial charge in [-0.1, -0.05) is 25.4 Å². The molecule has 1 aromatic carbocycles. The van der Waals surface area contributed by atoms with E-state index >= 15 is 0 Å². The van der Waals surface area contributed by atoms with E-state index in [1.807, 2.05) is 20.8 Å². The SMILES string of the molecule is CC(Cl)CC(C)(C)c1cc(F)ccc1Cl. The Morgan fingerprint density at radius 1 is 1.40 bits per heavy atom. The summed E-state index contributed by atoms with van der Waals surface area (Å²) in [5, 5.41) is 0.637. The zero-order valence-electron chi connectivity index (χ0n) is 9.15. The van der Waals surface area contributed by atoms with Crippen LogP contribution in [0.3, 0.4) is 0 Å². The van der Waals surface area contributed by atoms with Gasteiger partial charge >= 0.3 is 0 Å². The van der Waals surface area contributed by atoms with E-state index in [4.69, 9.17) is 23.2 Å². The molecule has 0 saturated carbocycles. The monoisotopic (exact) mass is 248 g/mol. The normalized spacial score (nSPS) is 14.0. The van der Waals surface area contributed by atoms with Crippen LogP contribution in [0.2, 0.25) is 5.02 Å². The number of alkyl halides is 1. The van der Waals surface area contributed by atoms with Crippen LogP contribution < -0.4 is 0 Å².